The van der Waals surface area contributed by atoms with E-state index in [1.165, 1.54) is 51.4 Å². The molecule has 1 N–H and O–H groups in total. The Labute approximate surface area is 201 Å². The number of ether oxygens (including phenoxy) is 2. The van der Waals surface area contributed by atoms with Crippen LogP contribution in [-0.4, -0.2) is 30.4 Å². The van der Waals surface area contributed by atoms with Crippen LogP contribution in [0.5, 0.6) is 0 Å². The Morgan fingerprint density at radius 2 is 1.73 bits per heavy atom. The minimum absolute atomic E-state index is 0.0502. The standard InChI is InChI=1S/C29H47NO3/c1-17-8-13-29(30-16-17)18(2)26-25(33-29)15-24-22-7-6-20-14-21(32-19(3)31)9-11-27(20,4)23(22)10-12-28(24,26)5/h17-18,20-26,30H,6-16H2,1-5H3. The van der Waals surface area contributed by atoms with Gasteiger partial charge in [0.05, 0.1) is 6.10 Å². The third-order valence-corrected chi connectivity index (χ3v) is 12.4. The fraction of sp³-hybridized carbons (Fsp3) is 0.966. The molecule has 2 aliphatic heterocycles. The summed E-state index contributed by atoms with van der Waals surface area (Å²) in [4.78, 5) is 11.6. The van der Waals surface area contributed by atoms with Crippen LogP contribution in [0.15, 0.2) is 0 Å². The largest absolute Gasteiger partial charge is 0.463 e. The van der Waals surface area contributed by atoms with Crippen LogP contribution in [0, 0.1) is 52.3 Å². The van der Waals surface area contributed by atoms with Crippen LogP contribution in [0.4, 0.5) is 0 Å². The molecule has 4 heteroatoms. The maximum Gasteiger partial charge on any atom is 0.302 e. The lowest BCUT2D eigenvalue weighted by molar-refractivity contribution is -0.162. The van der Waals surface area contributed by atoms with Gasteiger partial charge in [-0.05, 0) is 111 Å². The maximum absolute atomic E-state index is 11.6. The van der Waals surface area contributed by atoms with Crippen LogP contribution in [0.25, 0.3) is 0 Å². The zero-order valence-corrected chi connectivity index (χ0v) is 21.7. The second-order valence-corrected chi connectivity index (χ2v) is 13.8. The van der Waals surface area contributed by atoms with E-state index in [2.05, 4.69) is 33.0 Å². The number of carbonyl (C=O) groups excluding carboxylic acids is 1. The smallest absolute Gasteiger partial charge is 0.302 e. The van der Waals surface area contributed by atoms with E-state index in [1.807, 2.05) is 0 Å². The van der Waals surface area contributed by atoms with Gasteiger partial charge in [0.1, 0.15) is 11.8 Å². The Hall–Kier alpha value is -0.610. The highest BCUT2D eigenvalue weighted by atomic mass is 16.5. The number of hydrogen-bond acceptors (Lipinski definition) is 4. The molecule has 12 unspecified atom stereocenters. The molecule has 6 rings (SSSR count). The van der Waals surface area contributed by atoms with E-state index in [4.69, 9.17) is 9.47 Å². The fourth-order valence-corrected chi connectivity index (χ4v) is 10.8. The second kappa shape index (κ2) is 7.69. The average Bonchev–Trinajstić information content (AvgIpc) is 3.21. The molecule has 4 nitrogen and oxygen atoms in total. The normalized spacial score (nSPS) is 57.7. The topological polar surface area (TPSA) is 47.6 Å². The first-order chi connectivity index (χ1) is 15.7. The molecule has 33 heavy (non-hydrogen) atoms. The highest BCUT2D eigenvalue weighted by Gasteiger charge is 2.68. The maximum atomic E-state index is 11.6. The number of esters is 1. The van der Waals surface area contributed by atoms with Crippen molar-refractivity contribution in [3.8, 4) is 0 Å². The van der Waals surface area contributed by atoms with Gasteiger partial charge in [-0.25, -0.2) is 0 Å². The lowest BCUT2D eigenvalue weighted by Gasteiger charge is -2.61. The number of rotatable bonds is 1. The third-order valence-electron chi connectivity index (χ3n) is 12.4. The van der Waals surface area contributed by atoms with Crippen molar-refractivity contribution in [2.75, 3.05) is 6.54 Å². The van der Waals surface area contributed by atoms with Crippen molar-refractivity contribution in [2.45, 2.75) is 117 Å². The van der Waals surface area contributed by atoms with Gasteiger partial charge in [0.25, 0.3) is 0 Å². The molecule has 2 saturated heterocycles. The number of carbonyl (C=O) groups is 1. The molecule has 0 aromatic rings. The van der Waals surface area contributed by atoms with Crippen LogP contribution in [0.1, 0.15) is 98.8 Å². The van der Waals surface area contributed by atoms with Gasteiger partial charge in [-0.15, -0.1) is 0 Å². The first-order valence-corrected chi connectivity index (χ1v) is 14.3. The first kappa shape index (κ1) is 22.8. The van der Waals surface area contributed by atoms with Crippen LogP contribution in [0.2, 0.25) is 0 Å². The van der Waals surface area contributed by atoms with Gasteiger partial charge >= 0.3 is 5.97 Å². The lowest BCUT2D eigenvalue weighted by atomic mass is 9.44. The van der Waals surface area contributed by atoms with Gasteiger partial charge in [0, 0.05) is 19.4 Å². The highest BCUT2D eigenvalue weighted by Crippen LogP contribution is 2.71. The summed E-state index contributed by atoms with van der Waals surface area (Å²) in [6.45, 7) is 12.8. The molecule has 0 radical (unpaired) electrons. The van der Waals surface area contributed by atoms with Crippen molar-refractivity contribution >= 4 is 5.97 Å². The van der Waals surface area contributed by atoms with Gasteiger partial charge in [-0.1, -0.05) is 27.7 Å². The molecule has 4 aliphatic carbocycles. The monoisotopic (exact) mass is 457 g/mol. The van der Waals surface area contributed by atoms with Gasteiger partial charge in [0.2, 0.25) is 0 Å². The minimum Gasteiger partial charge on any atom is -0.463 e. The van der Waals surface area contributed by atoms with Gasteiger partial charge in [-0.3, -0.25) is 10.1 Å². The molecule has 6 fully saturated rings. The average molecular weight is 458 g/mol. The van der Waals surface area contributed by atoms with E-state index in [1.54, 1.807) is 6.92 Å². The van der Waals surface area contributed by atoms with Gasteiger partial charge < -0.3 is 9.47 Å². The molecular weight excluding hydrogens is 410 g/mol. The number of nitrogens with one attached hydrogen (secondary N) is 1. The Kier molecular flexibility index (Phi) is 5.32. The first-order valence-electron chi connectivity index (χ1n) is 14.3. The summed E-state index contributed by atoms with van der Waals surface area (Å²) in [6.07, 6.45) is 13.3. The quantitative estimate of drug-likeness (QED) is 0.495. The molecule has 12 atom stereocenters. The molecule has 0 aromatic heterocycles. The summed E-state index contributed by atoms with van der Waals surface area (Å²) in [5.74, 6) is 5.29. The second-order valence-electron chi connectivity index (χ2n) is 13.8. The van der Waals surface area contributed by atoms with Crippen molar-refractivity contribution in [3.63, 3.8) is 0 Å². The van der Waals surface area contributed by atoms with Crippen molar-refractivity contribution in [2.24, 2.45) is 52.3 Å². The van der Waals surface area contributed by atoms with Crippen molar-refractivity contribution in [3.05, 3.63) is 0 Å². The highest BCUT2D eigenvalue weighted by molar-refractivity contribution is 5.66. The summed E-state index contributed by atoms with van der Waals surface area (Å²) in [5.41, 5.74) is 0.830. The predicted molar refractivity (Wildman–Crippen MR) is 129 cm³/mol. The van der Waals surface area contributed by atoms with E-state index in [9.17, 15) is 4.79 Å². The number of hydrogen-bond donors (Lipinski definition) is 1. The number of fused-ring (bicyclic) bond motifs is 7. The van der Waals surface area contributed by atoms with Crippen LogP contribution in [-0.2, 0) is 14.3 Å². The molecule has 6 aliphatic rings. The minimum atomic E-state index is -0.1000. The molecule has 2 heterocycles. The van der Waals surface area contributed by atoms with E-state index < -0.39 is 0 Å². The van der Waals surface area contributed by atoms with E-state index in [-0.39, 0.29) is 17.8 Å². The van der Waals surface area contributed by atoms with E-state index in [0.29, 0.717) is 22.9 Å². The summed E-state index contributed by atoms with van der Waals surface area (Å²) in [6, 6.07) is 0. The zero-order valence-electron chi connectivity index (χ0n) is 21.7. The molecule has 0 amide bonds. The van der Waals surface area contributed by atoms with E-state index in [0.717, 1.165) is 54.9 Å². The molecule has 4 saturated carbocycles. The summed E-state index contributed by atoms with van der Waals surface area (Å²) in [5, 5.41) is 3.89. The molecule has 0 bridgehead atoms. The third kappa shape index (κ3) is 3.25. The molecule has 186 valence electrons. The molecular formula is C29H47NO3. The Bertz CT molecular complexity index is 790. The summed E-state index contributed by atoms with van der Waals surface area (Å²) >= 11 is 0. The van der Waals surface area contributed by atoms with Crippen molar-refractivity contribution < 1.29 is 14.3 Å². The van der Waals surface area contributed by atoms with E-state index >= 15 is 0 Å². The van der Waals surface area contributed by atoms with Crippen LogP contribution >= 0.6 is 0 Å². The van der Waals surface area contributed by atoms with Crippen LogP contribution in [0.3, 0.4) is 0 Å². The van der Waals surface area contributed by atoms with Crippen molar-refractivity contribution in [1.29, 1.82) is 0 Å². The molecule has 0 aromatic carbocycles. The Morgan fingerprint density at radius 3 is 2.45 bits per heavy atom. The Morgan fingerprint density at radius 1 is 0.939 bits per heavy atom. The van der Waals surface area contributed by atoms with Crippen molar-refractivity contribution in [1.82, 2.24) is 5.32 Å². The van der Waals surface area contributed by atoms with Crippen LogP contribution < -0.4 is 5.32 Å². The SMILES string of the molecule is CC(=O)OC1CCC2(C)C(CCC3C2CCC2(C)C3CC3OC4(CCC(C)CN4)C(C)C32)C1. The zero-order chi connectivity index (χ0) is 23.2. The molecule has 1 spiro atoms. The lowest BCUT2D eigenvalue weighted by Crippen LogP contribution is -2.57. The Balaban J connectivity index is 1.21. The summed E-state index contributed by atoms with van der Waals surface area (Å²) in [7, 11) is 0. The number of piperidine rings is 1. The van der Waals surface area contributed by atoms with Gasteiger partial charge in [-0.2, -0.15) is 0 Å². The summed E-state index contributed by atoms with van der Waals surface area (Å²) < 4.78 is 12.7. The predicted octanol–water partition coefficient (Wildman–Crippen LogP) is 5.94. The van der Waals surface area contributed by atoms with Gasteiger partial charge in [0.15, 0.2) is 0 Å². The fourth-order valence-electron chi connectivity index (χ4n) is 10.8.